The number of aromatic amines is 1. The number of nitrogens with zero attached hydrogens (tertiary/aromatic N) is 1. The Morgan fingerprint density at radius 2 is 1.32 bits per heavy atom. The van der Waals surface area contributed by atoms with Gasteiger partial charge in [-0.3, -0.25) is 9.89 Å². The van der Waals surface area contributed by atoms with Crippen molar-refractivity contribution in [2.24, 2.45) is 0 Å². The van der Waals surface area contributed by atoms with Gasteiger partial charge in [0.25, 0.3) is 5.56 Å². The van der Waals surface area contributed by atoms with E-state index in [1.807, 2.05) is 37.3 Å². The monoisotopic (exact) mass is 366 g/mol. The molecule has 1 aliphatic rings. The number of hydrogen-bond donors (Lipinski definition) is 1. The third-order valence-electron chi connectivity index (χ3n) is 5.82. The third-order valence-corrected chi connectivity index (χ3v) is 5.82. The fourth-order valence-corrected chi connectivity index (χ4v) is 4.49. The van der Waals surface area contributed by atoms with Crippen molar-refractivity contribution in [3.63, 3.8) is 0 Å². The van der Waals surface area contributed by atoms with Gasteiger partial charge in [0.05, 0.1) is 11.3 Å². The molecule has 0 atom stereocenters. The highest BCUT2D eigenvalue weighted by Crippen LogP contribution is 2.38. The van der Waals surface area contributed by atoms with Gasteiger partial charge in [0, 0.05) is 11.6 Å². The van der Waals surface area contributed by atoms with Crippen molar-refractivity contribution in [1.82, 2.24) is 9.78 Å². The van der Waals surface area contributed by atoms with Crippen LogP contribution in [0, 0.1) is 6.92 Å². The number of nitrogens with one attached hydrogen (secondary N) is 1. The molecule has 3 aromatic carbocycles. The van der Waals surface area contributed by atoms with Crippen molar-refractivity contribution < 1.29 is 0 Å². The lowest BCUT2D eigenvalue weighted by molar-refractivity contribution is 0.833. The van der Waals surface area contributed by atoms with E-state index in [-0.39, 0.29) is 11.5 Å². The van der Waals surface area contributed by atoms with Crippen LogP contribution in [-0.2, 0) is 12.8 Å². The number of benzene rings is 3. The second kappa shape index (κ2) is 6.68. The summed E-state index contributed by atoms with van der Waals surface area (Å²) in [4.78, 5) is 13.6. The highest BCUT2D eigenvalue weighted by atomic mass is 16.1. The van der Waals surface area contributed by atoms with Crippen LogP contribution in [0.3, 0.4) is 0 Å². The van der Waals surface area contributed by atoms with Gasteiger partial charge in [-0.05, 0) is 54.2 Å². The Labute approximate surface area is 164 Å². The first-order valence-corrected chi connectivity index (χ1v) is 9.76. The fourth-order valence-electron chi connectivity index (χ4n) is 4.49. The van der Waals surface area contributed by atoms with E-state index in [9.17, 15) is 4.79 Å². The van der Waals surface area contributed by atoms with E-state index in [1.165, 1.54) is 22.3 Å². The molecule has 3 heteroatoms. The van der Waals surface area contributed by atoms with Crippen LogP contribution in [0.1, 0.15) is 39.4 Å². The first-order chi connectivity index (χ1) is 13.7. The van der Waals surface area contributed by atoms with Gasteiger partial charge in [-0.2, -0.15) is 0 Å². The zero-order valence-corrected chi connectivity index (χ0v) is 15.9. The summed E-state index contributed by atoms with van der Waals surface area (Å²) in [5.74, 6) is -0.0522. The van der Waals surface area contributed by atoms with E-state index < -0.39 is 0 Å². The molecular weight excluding hydrogens is 344 g/mol. The molecule has 0 saturated heterocycles. The molecule has 3 nitrogen and oxygen atoms in total. The smallest absolute Gasteiger partial charge is 0.275 e. The summed E-state index contributed by atoms with van der Waals surface area (Å²) < 4.78 is 1.67. The topological polar surface area (TPSA) is 37.8 Å². The van der Waals surface area contributed by atoms with Crippen molar-refractivity contribution in [3.05, 3.63) is 123 Å². The van der Waals surface area contributed by atoms with E-state index in [4.69, 9.17) is 0 Å². The average molecular weight is 366 g/mol. The molecule has 28 heavy (non-hydrogen) atoms. The number of H-pyrrole nitrogens is 1. The summed E-state index contributed by atoms with van der Waals surface area (Å²) >= 11 is 0. The van der Waals surface area contributed by atoms with E-state index in [0.717, 1.165) is 29.8 Å². The summed E-state index contributed by atoms with van der Waals surface area (Å²) in [5, 5.41) is 3.31. The minimum Gasteiger partial charge on any atom is -0.295 e. The number of para-hydroxylation sites is 1. The van der Waals surface area contributed by atoms with Crippen LogP contribution in [0.15, 0.2) is 83.7 Å². The molecule has 0 fully saturated rings. The molecule has 138 valence electrons. The average Bonchev–Trinajstić information content (AvgIpc) is 2.93. The second-order valence-electron chi connectivity index (χ2n) is 7.46. The molecule has 0 saturated carbocycles. The predicted octanol–water partition coefficient (Wildman–Crippen LogP) is 4.75. The molecule has 0 spiro atoms. The lowest BCUT2D eigenvalue weighted by atomic mass is 9.83. The van der Waals surface area contributed by atoms with E-state index >= 15 is 0 Å². The molecule has 0 aliphatic heterocycles. The van der Waals surface area contributed by atoms with Crippen molar-refractivity contribution in [2.45, 2.75) is 25.7 Å². The highest BCUT2D eigenvalue weighted by molar-refractivity contribution is 5.52. The van der Waals surface area contributed by atoms with Crippen LogP contribution >= 0.6 is 0 Å². The zero-order chi connectivity index (χ0) is 19.1. The summed E-state index contributed by atoms with van der Waals surface area (Å²) in [6.07, 6.45) is 2.00. The lowest BCUT2D eigenvalue weighted by Crippen LogP contribution is -2.21. The van der Waals surface area contributed by atoms with E-state index in [2.05, 4.69) is 53.6 Å². The van der Waals surface area contributed by atoms with Crippen LogP contribution in [0.25, 0.3) is 5.69 Å². The minimum atomic E-state index is -0.0522. The summed E-state index contributed by atoms with van der Waals surface area (Å²) in [7, 11) is 0. The highest BCUT2D eigenvalue weighted by Gasteiger charge is 2.30. The lowest BCUT2D eigenvalue weighted by Gasteiger charge is -2.19. The van der Waals surface area contributed by atoms with Crippen molar-refractivity contribution in [2.75, 3.05) is 0 Å². The predicted molar refractivity (Wildman–Crippen MR) is 112 cm³/mol. The van der Waals surface area contributed by atoms with Gasteiger partial charge in [-0.15, -0.1) is 0 Å². The molecule has 1 aliphatic carbocycles. The Hall–Kier alpha value is -3.33. The fraction of sp³-hybridized carbons (Fsp3) is 0.160. The Bertz CT molecular complexity index is 1150. The Kier molecular flexibility index (Phi) is 4.01. The van der Waals surface area contributed by atoms with Gasteiger partial charge in [-0.25, -0.2) is 4.68 Å². The van der Waals surface area contributed by atoms with E-state index in [1.54, 1.807) is 4.68 Å². The maximum absolute atomic E-state index is 13.6. The Morgan fingerprint density at radius 1 is 0.786 bits per heavy atom. The van der Waals surface area contributed by atoms with Crippen LogP contribution in [0.4, 0.5) is 0 Å². The van der Waals surface area contributed by atoms with Crippen LogP contribution < -0.4 is 5.56 Å². The molecule has 5 rings (SSSR count). The molecule has 1 N–H and O–H groups in total. The van der Waals surface area contributed by atoms with Crippen LogP contribution in [-0.4, -0.2) is 9.78 Å². The molecular formula is C25H22N2O. The normalized spacial score (nSPS) is 13.6. The van der Waals surface area contributed by atoms with Gasteiger partial charge in [0.15, 0.2) is 0 Å². The summed E-state index contributed by atoms with van der Waals surface area (Å²) in [6, 6.07) is 26.9. The molecule has 0 amide bonds. The molecule has 0 radical (unpaired) electrons. The summed E-state index contributed by atoms with van der Waals surface area (Å²) in [5.41, 5.74) is 7.79. The Morgan fingerprint density at radius 3 is 1.93 bits per heavy atom. The molecule has 1 aromatic heterocycles. The Balaban J connectivity index is 1.79. The van der Waals surface area contributed by atoms with Gasteiger partial charge < -0.3 is 0 Å². The minimum absolute atomic E-state index is 0.0280. The number of hydrogen-bond acceptors (Lipinski definition) is 1. The number of aryl methyl sites for hydroxylation is 3. The molecule has 4 aromatic rings. The molecule has 0 bridgehead atoms. The number of rotatable bonds is 2. The third kappa shape index (κ3) is 2.63. The van der Waals surface area contributed by atoms with E-state index in [0.29, 0.717) is 0 Å². The van der Waals surface area contributed by atoms with Gasteiger partial charge >= 0.3 is 0 Å². The largest absolute Gasteiger partial charge is 0.295 e. The quantitative estimate of drug-likeness (QED) is 0.546. The maximum atomic E-state index is 13.6. The van der Waals surface area contributed by atoms with Crippen molar-refractivity contribution in [3.8, 4) is 5.69 Å². The number of aromatic nitrogens is 2. The maximum Gasteiger partial charge on any atom is 0.275 e. The van der Waals surface area contributed by atoms with Crippen LogP contribution in [0.5, 0.6) is 0 Å². The SMILES string of the molecule is Cc1[nH]n(-c2ccccc2)c(=O)c1C1c2ccccc2CCc2ccccc21. The van der Waals surface area contributed by atoms with Gasteiger partial charge in [0.2, 0.25) is 0 Å². The molecule has 1 heterocycles. The first kappa shape index (κ1) is 16.8. The van der Waals surface area contributed by atoms with Crippen molar-refractivity contribution >= 4 is 0 Å². The van der Waals surface area contributed by atoms with Gasteiger partial charge in [-0.1, -0.05) is 66.7 Å². The number of fused-ring (bicyclic) bond motifs is 2. The van der Waals surface area contributed by atoms with Crippen LogP contribution in [0.2, 0.25) is 0 Å². The zero-order valence-electron chi connectivity index (χ0n) is 15.9. The summed E-state index contributed by atoms with van der Waals surface area (Å²) in [6.45, 7) is 2.01. The standard InChI is InChI=1S/C25H22N2O/c1-17-23(25(28)27(26-17)20-11-3-2-4-12-20)24-21-13-7-5-9-18(21)15-16-19-10-6-8-14-22(19)24/h2-14,24,26H,15-16H2,1H3. The van der Waals surface area contributed by atoms with Crippen molar-refractivity contribution in [1.29, 1.82) is 0 Å². The second-order valence-corrected chi connectivity index (χ2v) is 7.46. The molecule has 0 unspecified atom stereocenters. The van der Waals surface area contributed by atoms with Gasteiger partial charge in [0.1, 0.15) is 0 Å². The first-order valence-electron chi connectivity index (χ1n) is 9.76.